The summed E-state index contributed by atoms with van der Waals surface area (Å²) >= 11 is 0. The second-order valence-corrected chi connectivity index (χ2v) is 11.1. The molecule has 2 N–H and O–H groups in total. The number of carbonyl (C=O) groups excluding carboxylic acids is 4. The molecule has 0 radical (unpaired) electrons. The Kier molecular flexibility index (Phi) is 8.91. The third-order valence-electron chi connectivity index (χ3n) is 8.54. The molecule has 238 valence electrons. The van der Waals surface area contributed by atoms with Crippen molar-refractivity contribution < 1.29 is 55.4 Å². The standard InChI is InChI=1S/C27H32F6N4O6/c1-15-22(40)37(19(23(41)43-2)5-6-21(39)35-10-9-25(7-8-25)20(38)14-35)12-11-36(15)24(42)34-16-3-4-17(26(28,29)30)18(13-16)27(31,32)33/h3-4,13,15,19-20,38H,5-12,14H2,1-2H3,(H,34,42)/t15-,19-,20+/m0/s1. The molecule has 10 nitrogen and oxygen atoms in total. The molecule has 2 saturated heterocycles. The molecule has 3 aliphatic rings. The summed E-state index contributed by atoms with van der Waals surface area (Å²) in [7, 11) is 1.12. The minimum Gasteiger partial charge on any atom is -0.467 e. The van der Waals surface area contributed by atoms with Crippen molar-refractivity contribution in [3.05, 3.63) is 29.3 Å². The zero-order valence-electron chi connectivity index (χ0n) is 23.4. The molecule has 0 bridgehead atoms. The Labute approximate surface area is 242 Å². The summed E-state index contributed by atoms with van der Waals surface area (Å²) in [6.45, 7) is 1.63. The van der Waals surface area contributed by atoms with Crippen molar-refractivity contribution in [2.45, 2.75) is 69.6 Å². The van der Waals surface area contributed by atoms with E-state index in [0.717, 1.165) is 29.8 Å². The largest absolute Gasteiger partial charge is 0.467 e. The number of methoxy groups -OCH3 is 1. The fourth-order valence-electron chi connectivity index (χ4n) is 5.72. The highest BCUT2D eigenvalue weighted by Gasteiger charge is 2.52. The van der Waals surface area contributed by atoms with Crippen molar-refractivity contribution in [3.63, 3.8) is 0 Å². The molecule has 0 aromatic heterocycles. The molecule has 16 heteroatoms. The van der Waals surface area contributed by atoms with Crippen molar-refractivity contribution >= 4 is 29.5 Å². The van der Waals surface area contributed by atoms with E-state index in [0.29, 0.717) is 19.0 Å². The Bertz CT molecular complexity index is 1270. The van der Waals surface area contributed by atoms with Crippen LogP contribution in [0.2, 0.25) is 0 Å². The van der Waals surface area contributed by atoms with Gasteiger partial charge in [-0.2, -0.15) is 26.3 Å². The molecule has 1 saturated carbocycles. The van der Waals surface area contributed by atoms with E-state index in [1.54, 1.807) is 0 Å². The quantitative estimate of drug-likeness (QED) is 0.371. The van der Waals surface area contributed by atoms with Gasteiger partial charge < -0.3 is 29.9 Å². The Hall–Kier alpha value is -3.56. The van der Waals surface area contributed by atoms with E-state index in [9.17, 15) is 50.6 Å². The van der Waals surface area contributed by atoms with Crippen LogP contribution in [-0.2, 0) is 31.5 Å². The number of halogens is 6. The van der Waals surface area contributed by atoms with Crippen LogP contribution in [0, 0.1) is 5.41 Å². The summed E-state index contributed by atoms with van der Waals surface area (Å²) in [6, 6.07) is -2.35. The van der Waals surface area contributed by atoms with Gasteiger partial charge in [0.1, 0.15) is 12.1 Å². The summed E-state index contributed by atoms with van der Waals surface area (Å²) in [5.74, 6) is -1.78. The number of aliphatic hydroxyl groups is 1. The van der Waals surface area contributed by atoms with E-state index in [4.69, 9.17) is 4.74 Å². The van der Waals surface area contributed by atoms with E-state index in [-0.39, 0.29) is 55.9 Å². The SMILES string of the molecule is COC(=O)[C@H](CCC(=O)N1CCC2(CC2)[C@H](O)C1)N1CCN(C(=O)Nc2ccc(C(F)(F)F)c(C(F)(F)F)c2)[C@@H](C)C1=O. The van der Waals surface area contributed by atoms with E-state index < -0.39 is 65.3 Å². The molecule has 3 atom stereocenters. The van der Waals surface area contributed by atoms with Crippen LogP contribution in [0.5, 0.6) is 0 Å². The molecule has 0 unspecified atom stereocenters. The Balaban J connectivity index is 1.40. The zero-order valence-corrected chi connectivity index (χ0v) is 23.4. The van der Waals surface area contributed by atoms with Crippen LogP contribution in [-0.4, -0.2) is 95.1 Å². The number of aliphatic hydroxyl groups excluding tert-OH is 1. The average molecular weight is 623 g/mol. The molecule has 2 heterocycles. The molecule has 2 aliphatic heterocycles. The molecule has 1 aromatic carbocycles. The highest BCUT2D eigenvalue weighted by molar-refractivity contribution is 5.96. The zero-order chi connectivity index (χ0) is 31.9. The predicted molar refractivity (Wildman–Crippen MR) is 137 cm³/mol. The summed E-state index contributed by atoms with van der Waals surface area (Å²) < 4.78 is 84.0. The molecule has 43 heavy (non-hydrogen) atoms. The van der Waals surface area contributed by atoms with E-state index >= 15 is 0 Å². The molecule has 1 spiro atoms. The van der Waals surface area contributed by atoms with Crippen LogP contribution in [0.3, 0.4) is 0 Å². The molecule has 4 rings (SSSR count). The van der Waals surface area contributed by atoms with Crippen molar-refractivity contribution in [1.82, 2.24) is 14.7 Å². The van der Waals surface area contributed by atoms with Gasteiger partial charge >= 0.3 is 24.4 Å². The maximum absolute atomic E-state index is 13.3. The monoisotopic (exact) mass is 622 g/mol. The number of carbonyl (C=O) groups is 4. The number of ether oxygens (including phenoxy) is 1. The third kappa shape index (κ3) is 6.83. The summed E-state index contributed by atoms with van der Waals surface area (Å²) in [5.41, 5.74) is -4.56. The first-order valence-electron chi connectivity index (χ1n) is 13.7. The lowest BCUT2D eigenvalue weighted by Crippen LogP contribution is -2.62. The Morgan fingerprint density at radius 3 is 2.26 bits per heavy atom. The van der Waals surface area contributed by atoms with Crippen molar-refractivity contribution in [2.24, 2.45) is 5.41 Å². The molecule has 1 aliphatic carbocycles. The number of anilines is 1. The first kappa shape index (κ1) is 32.4. The summed E-state index contributed by atoms with van der Waals surface area (Å²) in [4.78, 5) is 55.3. The summed E-state index contributed by atoms with van der Waals surface area (Å²) in [6.07, 6.45) is -8.92. The Morgan fingerprint density at radius 1 is 1.05 bits per heavy atom. The van der Waals surface area contributed by atoms with Gasteiger partial charge in [0.15, 0.2) is 0 Å². The van der Waals surface area contributed by atoms with Gasteiger partial charge in [0.25, 0.3) is 0 Å². The third-order valence-corrected chi connectivity index (χ3v) is 8.54. The van der Waals surface area contributed by atoms with E-state index in [2.05, 4.69) is 5.32 Å². The second-order valence-electron chi connectivity index (χ2n) is 11.1. The number of urea groups is 1. The van der Waals surface area contributed by atoms with Gasteiger partial charge in [-0.3, -0.25) is 9.59 Å². The van der Waals surface area contributed by atoms with E-state index in [1.807, 2.05) is 0 Å². The minimum absolute atomic E-state index is 0.0837. The number of hydrogen-bond donors (Lipinski definition) is 2. The lowest BCUT2D eigenvalue weighted by molar-refractivity contribution is -0.162. The number of esters is 1. The lowest BCUT2D eigenvalue weighted by Gasteiger charge is -2.42. The van der Waals surface area contributed by atoms with Gasteiger partial charge in [0.05, 0.1) is 24.3 Å². The molecular formula is C27H32F6N4O6. The van der Waals surface area contributed by atoms with E-state index in [1.165, 1.54) is 11.8 Å². The fraction of sp³-hybridized carbons (Fsp3) is 0.630. The number of nitrogens with zero attached hydrogens (tertiary/aromatic N) is 3. The number of alkyl halides is 6. The maximum atomic E-state index is 13.3. The number of piperidine rings is 1. The summed E-state index contributed by atoms with van der Waals surface area (Å²) in [5, 5.41) is 12.5. The number of nitrogens with one attached hydrogen (secondary N) is 1. The first-order valence-corrected chi connectivity index (χ1v) is 13.7. The number of rotatable bonds is 6. The van der Waals surface area contributed by atoms with Crippen LogP contribution in [0.15, 0.2) is 18.2 Å². The van der Waals surface area contributed by atoms with Gasteiger partial charge in [0.2, 0.25) is 11.8 Å². The highest BCUT2D eigenvalue weighted by Crippen LogP contribution is 2.53. The number of likely N-dealkylation sites (tertiary alicyclic amines) is 1. The number of amides is 4. The minimum atomic E-state index is -5.35. The fourth-order valence-corrected chi connectivity index (χ4v) is 5.72. The average Bonchev–Trinajstić information content (AvgIpc) is 3.71. The first-order chi connectivity index (χ1) is 20.0. The van der Waals surface area contributed by atoms with Gasteiger partial charge in [-0.15, -0.1) is 0 Å². The highest BCUT2D eigenvalue weighted by atomic mass is 19.4. The number of hydrogen-bond acceptors (Lipinski definition) is 6. The van der Waals surface area contributed by atoms with Crippen molar-refractivity contribution in [2.75, 3.05) is 38.6 Å². The van der Waals surface area contributed by atoms with Crippen molar-refractivity contribution in [1.29, 1.82) is 0 Å². The number of piperazine rings is 1. The smallest absolute Gasteiger partial charge is 0.417 e. The predicted octanol–water partition coefficient (Wildman–Crippen LogP) is 3.48. The topological polar surface area (TPSA) is 119 Å². The maximum Gasteiger partial charge on any atom is 0.417 e. The lowest BCUT2D eigenvalue weighted by atomic mass is 9.90. The number of benzene rings is 1. The molecule has 4 amide bonds. The molecular weight excluding hydrogens is 590 g/mol. The van der Waals surface area contributed by atoms with Gasteiger partial charge in [0, 0.05) is 38.3 Å². The second kappa shape index (κ2) is 11.8. The van der Waals surface area contributed by atoms with Crippen LogP contribution in [0.25, 0.3) is 0 Å². The normalized spacial score (nSPS) is 22.8. The Morgan fingerprint density at radius 2 is 1.70 bits per heavy atom. The van der Waals surface area contributed by atoms with Crippen molar-refractivity contribution in [3.8, 4) is 0 Å². The van der Waals surface area contributed by atoms with Crippen LogP contribution < -0.4 is 5.32 Å². The van der Waals surface area contributed by atoms with Crippen LogP contribution in [0.1, 0.15) is 50.2 Å². The molecule has 3 fully saturated rings. The van der Waals surface area contributed by atoms with Gasteiger partial charge in [-0.25, -0.2) is 9.59 Å². The molecule has 1 aromatic rings. The van der Waals surface area contributed by atoms with Gasteiger partial charge in [-0.1, -0.05) is 0 Å². The van der Waals surface area contributed by atoms with Gasteiger partial charge in [-0.05, 0) is 56.2 Å². The van der Waals surface area contributed by atoms with Crippen LogP contribution in [0.4, 0.5) is 36.8 Å². The van der Waals surface area contributed by atoms with Crippen LogP contribution >= 0.6 is 0 Å². The number of β-amino-alcohol motifs (C(OH)–C–C–N with tert-alkyl or cyclic N) is 1.